The van der Waals surface area contributed by atoms with Crippen molar-refractivity contribution >= 4 is 54.4 Å². The first-order valence-electron chi connectivity index (χ1n) is 22.4. The molecule has 0 spiro atoms. The fourth-order valence-electron chi connectivity index (χ4n) is 9.88. The smallest absolute Gasteiger partial charge is 0.238 e. The van der Waals surface area contributed by atoms with Crippen LogP contribution in [0.1, 0.15) is 0 Å². The summed E-state index contributed by atoms with van der Waals surface area (Å²) in [6, 6.07) is 84.2. The van der Waals surface area contributed by atoms with E-state index in [0.717, 1.165) is 77.1 Å². The van der Waals surface area contributed by atoms with Gasteiger partial charge >= 0.3 is 0 Å². The Morgan fingerprint density at radius 2 is 0.758 bits per heavy atom. The first kappa shape index (κ1) is 37.6. The van der Waals surface area contributed by atoms with Crippen molar-refractivity contribution in [3.63, 3.8) is 0 Å². The fraction of sp³-hybridized carbons (Fsp3) is 0. The Balaban J connectivity index is 1.11. The minimum absolute atomic E-state index is 0.556. The maximum absolute atomic E-state index is 5.38. The lowest BCUT2D eigenvalue weighted by Gasteiger charge is -2.16. The van der Waals surface area contributed by atoms with Crippen LogP contribution in [0, 0.1) is 0 Å². The summed E-state index contributed by atoms with van der Waals surface area (Å²) in [6.07, 6.45) is 0. The first-order chi connectivity index (χ1) is 32.7. The molecule has 66 heavy (non-hydrogen) atoms. The average Bonchev–Trinajstić information content (AvgIpc) is 3.91. The molecule has 0 atom stereocenters. The molecule has 0 aliphatic rings. The van der Waals surface area contributed by atoms with Crippen LogP contribution in [-0.2, 0) is 0 Å². The van der Waals surface area contributed by atoms with Gasteiger partial charge in [0.15, 0.2) is 11.6 Å². The van der Waals surface area contributed by atoms with Crippen molar-refractivity contribution in [3.8, 4) is 67.8 Å². The largest absolute Gasteiger partial charge is 0.307 e. The van der Waals surface area contributed by atoms with Crippen molar-refractivity contribution in [2.24, 2.45) is 0 Å². The third kappa shape index (κ3) is 6.21. The van der Waals surface area contributed by atoms with E-state index in [1.165, 1.54) is 27.5 Å². The molecule has 0 aliphatic heterocycles. The zero-order chi connectivity index (χ0) is 43.6. The molecule has 0 saturated carbocycles. The molecule has 0 fully saturated rings. The number of hydrogen-bond donors (Lipinski definition) is 0. The normalized spacial score (nSPS) is 11.6. The molecule has 0 aliphatic carbocycles. The summed E-state index contributed by atoms with van der Waals surface area (Å²) < 4.78 is 4.76. The molecule has 0 N–H and O–H groups in total. The quantitative estimate of drug-likeness (QED) is 0.161. The minimum Gasteiger partial charge on any atom is -0.307 e. The van der Waals surface area contributed by atoms with Gasteiger partial charge in [0.05, 0.1) is 27.8 Å². The van der Waals surface area contributed by atoms with Crippen molar-refractivity contribution < 1.29 is 0 Å². The average molecular weight is 842 g/mol. The number of fused-ring (bicyclic) bond motifs is 8. The van der Waals surface area contributed by atoms with E-state index < -0.39 is 0 Å². The molecule has 0 saturated heterocycles. The Morgan fingerprint density at radius 3 is 1.44 bits per heavy atom. The summed E-state index contributed by atoms with van der Waals surface area (Å²) in [4.78, 5) is 15.9. The SMILES string of the molecule is c1ccc(-c2cccc(-c3cccc(-c4ccccc4-n4c5ccccc5c5ccc6c7cc8ccccc8cc7n(-c7nc(-c8ccccc8)nc(-c8ccccc8)n7)c6c54)c3)c2)cc1. The van der Waals surface area contributed by atoms with Crippen molar-refractivity contribution in [3.05, 3.63) is 237 Å². The van der Waals surface area contributed by atoms with E-state index in [2.05, 4.69) is 209 Å². The number of rotatable bonds is 7. The van der Waals surface area contributed by atoms with Crippen LogP contribution in [0.3, 0.4) is 0 Å². The summed E-state index contributed by atoms with van der Waals surface area (Å²) in [6.45, 7) is 0. The third-order valence-electron chi connectivity index (χ3n) is 12.9. The second kappa shape index (κ2) is 15.4. The molecule has 13 aromatic rings. The predicted octanol–water partition coefficient (Wildman–Crippen LogP) is 15.6. The van der Waals surface area contributed by atoms with Crippen LogP contribution in [0.25, 0.3) is 122 Å². The van der Waals surface area contributed by atoms with E-state index in [1.54, 1.807) is 0 Å². The molecule has 10 aromatic carbocycles. The minimum atomic E-state index is 0.556. The highest BCUT2D eigenvalue weighted by molar-refractivity contribution is 6.25. The monoisotopic (exact) mass is 841 g/mol. The standard InChI is InChI=1S/C61H39N5/c1-4-18-40(19-5-1)43-26-16-27-44(36-43)45-28-17-29-48(37-45)49-30-12-14-32-54(49)65-55-33-15-13-31-50(55)51-34-35-52-53-38-46-24-10-11-25-47(46)39-56(53)66(58(52)57(51)65)61-63-59(41-20-6-2-7-21-41)62-60(64-61)42-22-8-3-9-23-42/h1-39H. The Bertz CT molecular complexity index is 3920. The van der Waals surface area contributed by atoms with Crippen molar-refractivity contribution in [1.82, 2.24) is 24.1 Å². The molecule has 3 heterocycles. The molecule has 13 rings (SSSR count). The second-order valence-electron chi connectivity index (χ2n) is 16.8. The van der Waals surface area contributed by atoms with Crippen LogP contribution >= 0.6 is 0 Å². The van der Waals surface area contributed by atoms with Gasteiger partial charge in [0.1, 0.15) is 0 Å². The number of para-hydroxylation sites is 2. The second-order valence-corrected chi connectivity index (χ2v) is 16.8. The molecule has 308 valence electrons. The highest BCUT2D eigenvalue weighted by atomic mass is 15.2. The van der Waals surface area contributed by atoms with E-state index in [4.69, 9.17) is 15.0 Å². The molecular formula is C61H39N5. The van der Waals surface area contributed by atoms with Gasteiger partial charge in [0.25, 0.3) is 0 Å². The van der Waals surface area contributed by atoms with Crippen molar-refractivity contribution in [2.45, 2.75) is 0 Å². The predicted molar refractivity (Wildman–Crippen MR) is 273 cm³/mol. The Kier molecular flexibility index (Phi) is 8.78. The van der Waals surface area contributed by atoms with Gasteiger partial charge in [-0.1, -0.05) is 200 Å². The Hall–Kier alpha value is -8.93. The highest BCUT2D eigenvalue weighted by Crippen LogP contribution is 2.44. The van der Waals surface area contributed by atoms with Gasteiger partial charge in [0.2, 0.25) is 5.95 Å². The molecule has 0 unspecified atom stereocenters. The summed E-state index contributed by atoms with van der Waals surface area (Å²) in [5.41, 5.74) is 14.2. The zero-order valence-electron chi connectivity index (χ0n) is 35.8. The van der Waals surface area contributed by atoms with E-state index in [1.807, 2.05) is 36.4 Å². The van der Waals surface area contributed by atoms with Gasteiger partial charge in [-0.3, -0.25) is 4.57 Å². The van der Waals surface area contributed by atoms with E-state index in [9.17, 15) is 0 Å². The van der Waals surface area contributed by atoms with Crippen LogP contribution in [-0.4, -0.2) is 24.1 Å². The highest BCUT2D eigenvalue weighted by Gasteiger charge is 2.25. The topological polar surface area (TPSA) is 48.5 Å². The lowest BCUT2D eigenvalue weighted by Crippen LogP contribution is -2.07. The van der Waals surface area contributed by atoms with Gasteiger partial charge in [-0.2, -0.15) is 9.97 Å². The van der Waals surface area contributed by atoms with Gasteiger partial charge in [-0.25, -0.2) is 4.98 Å². The summed E-state index contributed by atoms with van der Waals surface area (Å²) >= 11 is 0. The van der Waals surface area contributed by atoms with E-state index >= 15 is 0 Å². The molecule has 0 bridgehead atoms. The lowest BCUT2D eigenvalue weighted by molar-refractivity contribution is 0.954. The maximum Gasteiger partial charge on any atom is 0.238 e. The van der Waals surface area contributed by atoms with Crippen molar-refractivity contribution in [1.29, 1.82) is 0 Å². The summed E-state index contributed by atoms with van der Waals surface area (Å²) in [5.74, 6) is 1.78. The van der Waals surface area contributed by atoms with Crippen LogP contribution in [0.5, 0.6) is 0 Å². The first-order valence-corrected chi connectivity index (χ1v) is 22.4. The fourth-order valence-corrected chi connectivity index (χ4v) is 9.88. The molecular weight excluding hydrogens is 803 g/mol. The van der Waals surface area contributed by atoms with Gasteiger partial charge in [-0.15, -0.1) is 0 Å². The zero-order valence-corrected chi connectivity index (χ0v) is 35.8. The van der Waals surface area contributed by atoms with Gasteiger partial charge < -0.3 is 4.57 Å². The molecule has 3 aromatic heterocycles. The maximum atomic E-state index is 5.38. The molecule has 5 nitrogen and oxygen atoms in total. The molecule has 0 radical (unpaired) electrons. The van der Waals surface area contributed by atoms with E-state index in [-0.39, 0.29) is 0 Å². The molecule has 0 amide bonds. The lowest BCUT2D eigenvalue weighted by atomic mass is 9.95. The van der Waals surface area contributed by atoms with Gasteiger partial charge in [0, 0.05) is 38.2 Å². The third-order valence-corrected chi connectivity index (χ3v) is 12.9. The van der Waals surface area contributed by atoms with Crippen LogP contribution < -0.4 is 0 Å². The summed E-state index contributed by atoms with van der Waals surface area (Å²) in [5, 5.41) is 6.88. The Labute approximate surface area is 381 Å². The van der Waals surface area contributed by atoms with Crippen molar-refractivity contribution in [2.75, 3.05) is 0 Å². The van der Waals surface area contributed by atoms with Gasteiger partial charge in [-0.05, 0) is 75.0 Å². The number of benzene rings is 10. The van der Waals surface area contributed by atoms with Crippen LogP contribution in [0.4, 0.5) is 0 Å². The van der Waals surface area contributed by atoms with E-state index in [0.29, 0.717) is 17.6 Å². The van der Waals surface area contributed by atoms with Crippen LogP contribution in [0.2, 0.25) is 0 Å². The summed E-state index contributed by atoms with van der Waals surface area (Å²) in [7, 11) is 0. The number of aromatic nitrogens is 5. The Morgan fingerprint density at radius 1 is 0.273 bits per heavy atom. The van der Waals surface area contributed by atoms with Crippen LogP contribution in [0.15, 0.2) is 237 Å². The number of nitrogens with zero attached hydrogens (tertiary/aromatic N) is 5. The molecule has 5 heteroatoms. The number of hydrogen-bond acceptors (Lipinski definition) is 3.